The zero-order valence-electron chi connectivity index (χ0n) is 21.9. The van der Waals surface area contributed by atoms with E-state index in [2.05, 4.69) is 10.3 Å². The highest BCUT2D eigenvalue weighted by Crippen LogP contribution is 2.49. The van der Waals surface area contributed by atoms with Crippen molar-refractivity contribution in [3.05, 3.63) is 107 Å². The molecule has 1 N–H and O–H groups in total. The highest BCUT2D eigenvalue weighted by molar-refractivity contribution is 7.22. The first-order chi connectivity index (χ1) is 19.9. The van der Waals surface area contributed by atoms with E-state index in [1.54, 1.807) is 25.1 Å². The number of carbonyl (C=O) groups excluding carboxylic acids is 2. The van der Waals surface area contributed by atoms with E-state index >= 15 is 0 Å². The van der Waals surface area contributed by atoms with Gasteiger partial charge in [-0.3, -0.25) is 10.1 Å². The Balaban J connectivity index is 1.27. The third-order valence-electron chi connectivity index (χ3n) is 7.24. The SMILES string of the molecule is C[C@@H](OC(=O)Nc1c(-c2ccc(-c3ccc(C4(OC=O)CC4)cc3)cc2)sc2ncc(F)cc12)c1ccccc1Cl. The Morgan fingerprint density at radius 3 is 2.37 bits per heavy atom. The number of halogens is 2. The first-order valence-electron chi connectivity index (χ1n) is 13.0. The molecule has 5 aromatic rings. The number of amides is 1. The van der Waals surface area contributed by atoms with Gasteiger partial charge in [0.15, 0.2) is 0 Å². The Bertz CT molecular complexity index is 1750. The third-order valence-corrected chi connectivity index (χ3v) is 8.74. The molecule has 6 nitrogen and oxygen atoms in total. The average molecular weight is 587 g/mol. The fourth-order valence-electron chi connectivity index (χ4n) is 4.91. The molecule has 9 heteroatoms. The molecule has 1 aliphatic carbocycles. The second-order valence-corrected chi connectivity index (χ2v) is 11.3. The second-order valence-electron chi connectivity index (χ2n) is 9.87. The van der Waals surface area contributed by atoms with E-state index < -0.39 is 23.6 Å². The van der Waals surface area contributed by atoms with Gasteiger partial charge < -0.3 is 9.47 Å². The molecule has 1 amide bonds. The van der Waals surface area contributed by atoms with E-state index in [0.717, 1.165) is 46.2 Å². The van der Waals surface area contributed by atoms with Crippen molar-refractivity contribution in [1.82, 2.24) is 4.98 Å². The van der Waals surface area contributed by atoms with Gasteiger partial charge in [-0.05, 0) is 54.2 Å². The standard InChI is InChI=1S/C32H24ClFN2O4S/c1-19(25-4-2-3-5-27(25)33)40-31(38)36-28-26-16-24(34)17-35-30(26)41-29(28)22-8-6-20(7-9-22)21-10-12-23(13-11-21)32(14-15-32)39-18-37/h2-13,16-19H,14-15H2,1H3,(H,36,38)/t19-/m1/s1. The lowest BCUT2D eigenvalue weighted by Gasteiger charge is -2.16. The van der Waals surface area contributed by atoms with Gasteiger partial charge in [-0.25, -0.2) is 14.2 Å². The number of carbonyl (C=O) groups is 2. The van der Waals surface area contributed by atoms with Crippen molar-refractivity contribution < 1.29 is 23.5 Å². The van der Waals surface area contributed by atoms with Gasteiger partial charge in [0.2, 0.25) is 0 Å². The van der Waals surface area contributed by atoms with Crippen LogP contribution in [0.5, 0.6) is 0 Å². The molecule has 3 aromatic carbocycles. The van der Waals surface area contributed by atoms with Crippen LogP contribution >= 0.6 is 22.9 Å². The molecular weight excluding hydrogens is 563 g/mol. The Hall–Kier alpha value is -4.27. The summed E-state index contributed by atoms with van der Waals surface area (Å²) in [6.07, 6.45) is 1.53. The Morgan fingerprint density at radius 1 is 1.05 bits per heavy atom. The zero-order chi connectivity index (χ0) is 28.6. The Morgan fingerprint density at radius 2 is 1.71 bits per heavy atom. The van der Waals surface area contributed by atoms with Crippen LogP contribution in [-0.4, -0.2) is 17.5 Å². The van der Waals surface area contributed by atoms with Crippen LogP contribution in [0.15, 0.2) is 85.1 Å². The summed E-state index contributed by atoms with van der Waals surface area (Å²) in [5, 5.41) is 3.81. The quantitative estimate of drug-likeness (QED) is 0.184. The minimum atomic E-state index is -0.689. The van der Waals surface area contributed by atoms with Crippen molar-refractivity contribution in [1.29, 1.82) is 0 Å². The molecule has 0 radical (unpaired) electrons. The molecule has 0 unspecified atom stereocenters. The first-order valence-corrected chi connectivity index (χ1v) is 14.2. The minimum Gasteiger partial charge on any atom is -0.456 e. The number of hydrogen-bond acceptors (Lipinski definition) is 6. The highest BCUT2D eigenvalue weighted by Gasteiger charge is 2.46. The first kappa shape index (κ1) is 26.9. The van der Waals surface area contributed by atoms with Crippen LogP contribution in [0.1, 0.15) is 37.0 Å². The van der Waals surface area contributed by atoms with Gasteiger partial charge in [0, 0.05) is 16.0 Å². The molecule has 2 heterocycles. The monoisotopic (exact) mass is 586 g/mol. The number of fused-ring (bicyclic) bond motifs is 1. The molecular formula is C32H24ClFN2O4S. The molecule has 1 atom stereocenters. The molecule has 1 aliphatic rings. The van der Waals surface area contributed by atoms with Crippen molar-refractivity contribution in [3.63, 3.8) is 0 Å². The van der Waals surface area contributed by atoms with Crippen molar-refractivity contribution in [2.75, 3.05) is 5.32 Å². The van der Waals surface area contributed by atoms with Crippen molar-refractivity contribution in [3.8, 4) is 21.6 Å². The van der Waals surface area contributed by atoms with Crippen molar-refractivity contribution >= 4 is 51.4 Å². The molecule has 1 saturated carbocycles. The number of anilines is 1. The molecule has 1 fully saturated rings. The summed E-state index contributed by atoms with van der Waals surface area (Å²) in [5.41, 5.74) is 4.46. The molecule has 2 aromatic heterocycles. The predicted molar refractivity (Wildman–Crippen MR) is 158 cm³/mol. The van der Waals surface area contributed by atoms with Gasteiger partial charge in [0.25, 0.3) is 6.47 Å². The van der Waals surface area contributed by atoms with E-state index in [9.17, 15) is 14.0 Å². The third kappa shape index (κ3) is 5.40. The van der Waals surface area contributed by atoms with E-state index in [1.165, 1.54) is 17.4 Å². The van der Waals surface area contributed by atoms with Gasteiger partial charge >= 0.3 is 6.09 Å². The number of thiophene rings is 1. The van der Waals surface area contributed by atoms with Crippen LogP contribution in [0.3, 0.4) is 0 Å². The number of nitrogens with one attached hydrogen (secondary N) is 1. The summed E-state index contributed by atoms with van der Waals surface area (Å²) in [6, 6.07) is 24.4. The van der Waals surface area contributed by atoms with Gasteiger partial charge in [0.05, 0.1) is 16.8 Å². The maximum Gasteiger partial charge on any atom is 0.412 e. The van der Waals surface area contributed by atoms with Crippen LogP contribution < -0.4 is 5.32 Å². The maximum atomic E-state index is 14.2. The molecule has 0 aliphatic heterocycles. The van der Waals surface area contributed by atoms with E-state index in [1.807, 2.05) is 54.6 Å². The molecule has 6 rings (SSSR count). The molecule has 41 heavy (non-hydrogen) atoms. The fourth-order valence-corrected chi connectivity index (χ4v) is 6.28. The number of hydrogen-bond donors (Lipinski definition) is 1. The van der Waals surface area contributed by atoms with Crippen molar-refractivity contribution in [2.24, 2.45) is 0 Å². The Labute approximate surface area is 244 Å². The van der Waals surface area contributed by atoms with Gasteiger partial charge in [0.1, 0.15) is 22.4 Å². The predicted octanol–water partition coefficient (Wildman–Crippen LogP) is 8.89. The molecule has 0 spiro atoms. The fraction of sp³-hybridized carbons (Fsp3) is 0.156. The molecule has 206 valence electrons. The number of benzene rings is 3. The normalized spacial score (nSPS) is 14.3. The number of ether oxygens (including phenoxy) is 2. The summed E-state index contributed by atoms with van der Waals surface area (Å²) in [7, 11) is 0. The summed E-state index contributed by atoms with van der Waals surface area (Å²) in [4.78, 5) is 29.4. The largest absolute Gasteiger partial charge is 0.456 e. The van der Waals surface area contributed by atoms with Gasteiger partial charge in [-0.15, -0.1) is 11.3 Å². The van der Waals surface area contributed by atoms with Crippen LogP contribution in [-0.2, 0) is 19.9 Å². The topological polar surface area (TPSA) is 77.5 Å². The lowest BCUT2D eigenvalue weighted by Crippen LogP contribution is -2.16. The summed E-state index contributed by atoms with van der Waals surface area (Å²) in [6.45, 7) is 2.25. The highest BCUT2D eigenvalue weighted by atomic mass is 35.5. The van der Waals surface area contributed by atoms with Gasteiger partial charge in [-0.1, -0.05) is 78.3 Å². The second kappa shape index (κ2) is 11.0. The number of pyridine rings is 1. The summed E-state index contributed by atoms with van der Waals surface area (Å²) >= 11 is 7.62. The maximum absolute atomic E-state index is 14.2. The van der Waals surface area contributed by atoms with Crippen LogP contribution in [0.4, 0.5) is 14.9 Å². The molecule has 0 saturated heterocycles. The minimum absolute atomic E-state index is 0.426. The smallest absolute Gasteiger partial charge is 0.412 e. The van der Waals surface area contributed by atoms with Crippen LogP contribution in [0.2, 0.25) is 5.02 Å². The molecule has 0 bridgehead atoms. The van der Waals surface area contributed by atoms with Crippen LogP contribution in [0.25, 0.3) is 31.8 Å². The van der Waals surface area contributed by atoms with E-state index in [0.29, 0.717) is 33.0 Å². The van der Waals surface area contributed by atoms with Gasteiger partial charge in [-0.2, -0.15) is 0 Å². The summed E-state index contributed by atoms with van der Waals surface area (Å²) in [5.74, 6) is -0.506. The number of nitrogens with zero attached hydrogens (tertiary/aromatic N) is 1. The van der Waals surface area contributed by atoms with E-state index in [-0.39, 0.29) is 0 Å². The zero-order valence-corrected chi connectivity index (χ0v) is 23.5. The summed E-state index contributed by atoms with van der Waals surface area (Å²) < 4.78 is 25.1. The average Bonchev–Trinajstić information content (AvgIpc) is 3.69. The number of rotatable bonds is 8. The van der Waals surface area contributed by atoms with Crippen molar-refractivity contribution in [2.45, 2.75) is 31.5 Å². The number of aromatic nitrogens is 1. The lowest BCUT2D eigenvalue weighted by molar-refractivity contribution is -0.136. The Kier molecular flexibility index (Phi) is 7.19. The van der Waals surface area contributed by atoms with E-state index in [4.69, 9.17) is 21.1 Å². The lowest BCUT2D eigenvalue weighted by atomic mass is 9.99. The van der Waals surface area contributed by atoms with Crippen LogP contribution in [0, 0.1) is 5.82 Å².